The van der Waals surface area contributed by atoms with Gasteiger partial charge in [-0.05, 0) is 56.3 Å². The maximum absolute atomic E-state index is 11.4. The summed E-state index contributed by atoms with van der Waals surface area (Å²) in [6.07, 6.45) is 6.88. The first kappa shape index (κ1) is 13.6. The van der Waals surface area contributed by atoms with Crippen molar-refractivity contribution in [2.45, 2.75) is 50.5 Å². The SMILES string of the molecule is O=C(O)CC1(N2CCCCC2)CCc2ccccc2C1. The Hall–Kier alpha value is -1.35. The Kier molecular flexibility index (Phi) is 3.79. The number of nitrogens with zero attached hydrogens (tertiary/aromatic N) is 1. The summed E-state index contributed by atoms with van der Waals surface area (Å²) < 4.78 is 0. The van der Waals surface area contributed by atoms with Crippen LogP contribution in [0.15, 0.2) is 24.3 Å². The number of rotatable bonds is 3. The Bertz CT molecular complexity index is 494. The Labute approximate surface area is 120 Å². The van der Waals surface area contributed by atoms with E-state index < -0.39 is 5.97 Å². The lowest BCUT2D eigenvalue weighted by atomic mass is 9.74. The molecule has 2 aliphatic rings. The average molecular weight is 273 g/mol. The van der Waals surface area contributed by atoms with Crippen molar-refractivity contribution in [1.29, 1.82) is 0 Å². The van der Waals surface area contributed by atoms with Crippen LogP contribution in [-0.4, -0.2) is 34.6 Å². The predicted molar refractivity (Wildman–Crippen MR) is 78.9 cm³/mol. The molecule has 108 valence electrons. The number of likely N-dealkylation sites (tertiary alicyclic amines) is 1. The highest BCUT2D eigenvalue weighted by molar-refractivity contribution is 5.68. The number of hydrogen-bond acceptors (Lipinski definition) is 2. The number of aliphatic carboxylic acids is 1. The fourth-order valence-corrected chi connectivity index (χ4v) is 3.97. The maximum atomic E-state index is 11.4. The van der Waals surface area contributed by atoms with Crippen molar-refractivity contribution < 1.29 is 9.90 Å². The second-order valence-electron chi connectivity index (χ2n) is 6.29. The van der Waals surface area contributed by atoms with Gasteiger partial charge in [0, 0.05) is 5.54 Å². The molecule has 1 aliphatic heterocycles. The van der Waals surface area contributed by atoms with Crippen molar-refractivity contribution in [3.8, 4) is 0 Å². The monoisotopic (exact) mass is 273 g/mol. The number of carbonyl (C=O) groups is 1. The number of aryl methyl sites for hydroxylation is 1. The summed E-state index contributed by atoms with van der Waals surface area (Å²) in [6.45, 7) is 2.13. The minimum Gasteiger partial charge on any atom is -0.481 e. The number of piperidine rings is 1. The summed E-state index contributed by atoms with van der Waals surface area (Å²) in [5, 5.41) is 9.38. The number of carboxylic acid groups (broad SMARTS) is 1. The van der Waals surface area contributed by atoms with E-state index in [0.717, 1.165) is 32.4 Å². The molecule has 1 aromatic carbocycles. The molecule has 1 saturated heterocycles. The molecule has 1 fully saturated rings. The van der Waals surface area contributed by atoms with Crippen molar-refractivity contribution in [2.24, 2.45) is 0 Å². The van der Waals surface area contributed by atoms with Crippen LogP contribution in [0.3, 0.4) is 0 Å². The first-order valence-electron chi connectivity index (χ1n) is 7.73. The third-order valence-corrected chi connectivity index (χ3v) is 5.00. The Morgan fingerprint density at radius 3 is 2.55 bits per heavy atom. The number of hydrogen-bond donors (Lipinski definition) is 1. The van der Waals surface area contributed by atoms with E-state index in [-0.39, 0.29) is 12.0 Å². The van der Waals surface area contributed by atoms with Crippen molar-refractivity contribution in [1.82, 2.24) is 4.90 Å². The zero-order valence-corrected chi connectivity index (χ0v) is 12.0. The molecule has 1 heterocycles. The fourth-order valence-electron chi connectivity index (χ4n) is 3.97. The van der Waals surface area contributed by atoms with Crippen LogP contribution in [0.1, 0.15) is 43.2 Å². The molecule has 3 nitrogen and oxygen atoms in total. The zero-order valence-electron chi connectivity index (χ0n) is 12.0. The molecule has 0 amide bonds. The molecular formula is C17H23NO2. The lowest BCUT2D eigenvalue weighted by Gasteiger charge is -2.48. The predicted octanol–water partition coefficient (Wildman–Crippen LogP) is 2.87. The number of carboxylic acids is 1. The van der Waals surface area contributed by atoms with Gasteiger partial charge in [-0.2, -0.15) is 0 Å². The lowest BCUT2D eigenvalue weighted by molar-refractivity contribution is -0.141. The number of benzene rings is 1. The molecule has 1 N–H and O–H groups in total. The minimum atomic E-state index is -0.657. The van der Waals surface area contributed by atoms with Gasteiger partial charge in [0.05, 0.1) is 6.42 Å². The highest BCUT2D eigenvalue weighted by atomic mass is 16.4. The molecule has 0 saturated carbocycles. The van der Waals surface area contributed by atoms with Crippen LogP contribution in [-0.2, 0) is 17.6 Å². The first-order chi connectivity index (χ1) is 9.70. The summed E-state index contributed by atoms with van der Waals surface area (Å²) in [5.41, 5.74) is 2.61. The molecule has 1 atom stereocenters. The van der Waals surface area contributed by atoms with Crippen LogP contribution in [0, 0.1) is 0 Å². The molecule has 3 rings (SSSR count). The summed E-state index contributed by atoms with van der Waals surface area (Å²) in [4.78, 5) is 13.9. The van der Waals surface area contributed by atoms with Gasteiger partial charge in [0.2, 0.25) is 0 Å². The van der Waals surface area contributed by atoms with Gasteiger partial charge in [-0.3, -0.25) is 9.69 Å². The molecule has 0 radical (unpaired) electrons. The van der Waals surface area contributed by atoms with E-state index >= 15 is 0 Å². The molecule has 3 heteroatoms. The van der Waals surface area contributed by atoms with Crippen molar-refractivity contribution in [3.63, 3.8) is 0 Å². The summed E-state index contributed by atoms with van der Waals surface area (Å²) >= 11 is 0. The highest BCUT2D eigenvalue weighted by Crippen LogP contribution is 2.37. The second kappa shape index (κ2) is 5.57. The van der Waals surface area contributed by atoms with Crippen molar-refractivity contribution in [2.75, 3.05) is 13.1 Å². The van der Waals surface area contributed by atoms with E-state index in [4.69, 9.17) is 0 Å². The van der Waals surface area contributed by atoms with Crippen LogP contribution >= 0.6 is 0 Å². The zero-order chi connectivity index (χ0) is 14.0. The molecular weight excluding hydrogens is 250 g/mol. The van der Waals surface area contributed by atoms with E-state index in [9.17, 15) is 9.90 Å². The molecule has 1 aromatic rings. The Morgan fingerprint density at radius 1 is 1.15 bits per heavy atom. The van der Waals surface area contributed by atoms with Crippen LogP contribution < -0.4 is 0 Å². The second-order valence-corrected chi connectivity index (χ2v) is 6.29. The van der Waals surface area contributed by atoms with Gasteiger partial charge in [0.15, 0.2) is 0 Å². The topological polar surface area (TPSA) is 40.5 Å². The molecule has 0 bridgehead atoms. The van der Waals surface area contributed by atoms with Crippen LogP contribution in [0.4, 0.5) is 0 Å². The largest absolute Gasteiger partial charge is 0.481 e. The summed E-state index contributed by atoms with van der Waals surface area (Å²) in [7, 11) is 0. The number of fused-ring (bicyclic) bond motifs is 1. The van der Waals surface area contributed by atoms with E-state index in [0.29, 0.717) is 0 Å². The van der Waals surface area contributed by atoms with E-state index in [2.05, 4.69) is 29.2 Å². The summed E-state index contributed by atoms with van der Waals surface area (Å²) in [5.74, 6) is -0.657. The van der Waals surface area contributed by atoms with Crippen LogP contribution in [0.2, 0.25) is 0 Å². The standard InChI is InChI=1S/C17H23NO2/c19-16(20)13-17(18-10-4-1-5-11-18)9-8-14-6-2-3-7-15(14)12-17/h2-3,6-7H,1,4-5,8-13H2,(H,19,20). The molecule has 0 aromatic heterocycles. The van der Waals surface area contributed by atoms with Gasteiger partial charge in [-0.1, -0.05) is 30.7 Å². The van der Waals surface area contributed by atoms with Crippen LogP contribution in [0.5, 0.6) is 0 Å². The van der Waals surface area contributed by atoms with Crippen molar-refractivity contribution >= 4 is 5.97 Å². The average Bonchev–Trinajstić information content (AvgIpc) is 2.47. The quantitative estimate of drug-likeness (QED) is 0.920. The summed E-state index contributed by atoms with van der Waals surface area (Å²) in [6, 6.07) is 8.53. The highest BCUT2D eigenvalue weighted by Gasteiger charge is 2.41. The van der Waals surface area contributed by atoms with Crippen LogP contribution in [0.25, 0.3) is 0 Å². The maximum Gasteiger partial charge on any atom is 0.305 e. The van der Waals surface area contributed by atoms with Gasteiger partial charge in [-0.25, -0.2) is 0 Å². The van der Waals surface area contributed by atoms with E-state index in [1.54, 1.807) is 0 Å². The smallest absolute Gasteiger partial charge is 0.305 e. The van der Waals surface area contributed by atoms with E-state index in [1.165, 1.54) is 30.4 Å². The Balaban J connectivity index is 1.89. The molecule has 20 heavy (non-hydrogen) atoms. The van der Waals surface area contributed by atoms with Gasteiger partial charge in [0.25, 0.3) is 0 Å². The molecule has 1 aliphatic carbocycles. The minimum absolute atomic E-state index is 0.152. The molecule has 1 unspecified atom stereocenters. The van der Waals surface area contributed by atoms with Gasteiger partial charge < -0.3 is 5.11 Å². The van der Waals surface area contributed by atoms with Crippen molar-refractivity contribution in [3.05, 3.63) is 35.4 Å². The van der Waals surface area contributed by atoms with Gasteiger partial charge in [0.1, 0.15) is 0 Å². The van der Waals surface area contributed by atoms with Gasteiger partial charge in [-0.15, -0.1) is 0 Å². The normalized spacial score (nSPS) is 27.0. The Morgan fingerprint density at radius 2 is 1.85 bits per heavy atom. The van der Waals surface area contributed by atoms with E-state index in [1.807, 2.05) is 0 Å². The third kappa shape index (κ3) is 2.59. The lowest BCUT2D eigenvalue weighted by Crippen LogP contribution is -2.55. The fraction of sp³-hybridized carbons (Fsp3) is 0.588. The third-order valence-electron chi connectivity index (χ3n) is 5.00. The molecule has 0 spiro atoms. The first-order valence-corrected chi connectivity index (χ1v) is 7.73. The van der Waals surface area contributed by atoms with Gasteiger partial charge >= 0.3 is 5.97 Å².